The fourth-order valence-electron chi connectivity index (χ4n) is 8.06. The zero-order chi connectivity index (χ0) is 45.3. The molecule has 2 aliphatic heterocycles. The highest BCUT2D eigenvalue weighted by Gasteiger charge is 2.49. The first kappa shape index (κ1) is 48.5. The summed E-state index contributed by atoms with van der Waals surface area (Å²) in [4.78, 5) is 28.3. The molecule has 2 fully saturated rings. The SMILES string of the molecule is CC(C)(C)CCOCCOCCNC(=O)CCC(=O)N1Cc2ccccc2-c2c(nnn2COC[C@@H]2O[C@@H](CO)[C@@H](O[C@@H]3CC(CO)[C@H](O)C(O)C3O)C(O)C2O)-c2ccccc21. The summed E-state index contributed by atoms with van der Waals surface area (Å²) < 4.78 is 30.5. The number of ether oxygens (including phenoxy) is 5. The predicted molar refractivity (Wildman–Crippen MR) is 226 cm³/mol. The van der Waals surface area contributed by atoms with Crippen LogP contribution in [0.4, 0.5) is 5.69 Å². The number of nitrogens with zero attached hydrogens (tertiary/aromatic N) is 4. The molecule has 3 aliphatic rings. The maximum Gasteiger partial charge on any atom is 0.227 e. The van der Waals surface area contributed by atoms with Crippen LogP contribution >= 0.6 is 0 Å². The minimum Gasteiger partial charge on any atom is -0.396 e. The van der Waals surface area contributed by atoms with E-state index >= 15 is 0 Å². The fraction of sp³-hybridized carbons (Fsp3) is 0.636. The van der Waals surface area contributed by atoms with Crippen molar-refractivity contribution in [1.82, 2.24) is 20.3 Å². The van der Waals surface area contributed by atoms with Gasteiger partial charge in [0.05, 0.1) is 63.2 Å². The minimum absolute atomic E-state index is 0.0131. The van der Waals surface area contributed by atoms with Crippen LogP contribution in [0.1, 0.15) is 52.0 Å². The minimum atomic E-state index is -1.62. The lowest BCUT2D eigenvalue weighted by molar-refractivity contribution is -0.278. The Morgan fingerprint density at radius 2 is 1.52 bits per heavy atom. The maximum absolute atomic E-state index is 13.9. The maximum atomic E-state index is 13.9. The van der Waals surface area contributed by atoms with Crippen molar-refractivity contribution >= 4 is 17.5 Å². The van der Waals surface area contributed by atoms with E-state index in [0.29, 0.717) is 55.6 Å². The summed E-state index contributed by atoms with van der Waals surface area (Å²) in [5.41, 5.74) is 4.03. The summed E-state index contributed by atoms with van der Waals surface area (Å²) in [6.45, 7) is 7.33. The molecule has 2 aromatic carbocycles. The van der Waals surface area contributed by atoms with Gasteiger partial charge in [-0.05, 0) is 29.9 Å². The Hall–Kier alpha value is -3.96. The van der Waals surface area contributed by atoms with Crippen LogP contribution < -0.4 is 10.2 Å². The average Bonchev–Trinajstić information content (AvgIpc) is 3.68. The molecule has 5 unspecified atom stereocenters. The summed E-state index contributed by atoms with van der Waals surface area (Å²) >= 11 is 0. The third kappa shape index (κ3) is 12.0. The van der Waals surface area contributed by atoms with E-state index in [9.17, 15) is 45.3 Å². The third-order valence-corrected chi connectivity index (χ3v) is 11.7. The Morgan fingerprint density at radius 3 is 2.25 bits per heavy atom. The largest absolute Gasteiger partial charge is 0.396 e. The molecule has 3 heterocycles. The second kappa shape index (κ2) is 22.3. The number of anilines is 1. The summed E-state index contributed by atoms with van der Waals surface area (Å²) in [5, 5.41) is 84.9. The van der Waals surface area contributed by atoms with Gasteiger partial charge in [0, 0.05) is 49.6 Å². The molecule has 19 heteroatoms. The van der Waals surface area contributed by atoms with Crippen molar-refractivity contribution in [1.29, 1.82) is 0 Å². The molecular formula is C44H63N5O14. The summed E-state index contributed by atoms with van der Waals surface area (Å²) in [5.74, 6) is -1.33. The molecule has 1 aromatic heterocycles. The normalized spacial score (nSPS) is 27.2. The van der Waals surface area contributed by atoms with E-state index in [2.05, 4.69) is 36.4 Å². The Bertz CT molecular complexity index is 1940. The number of aromatic nitrogens is 3. The van der Waals surface area contributed by atoms with E-state index in [1.807, 2.05) is 48.5 Å². The number of fused-ring (bicyclic) bond motifs is 5. The third-order valence-electron chi connectivity index (χ3n) is 11.7. The van der Waals surface area contributed by atoms with Gasteiger partial charge in [0.25, 0.3) is 0 Å². The predicted octanol–water partition coefficient (Wildman–Crippen LogP) is 0.129. The molecular weight excluding hydrogens is 823 g/mol. The standard InChI is InChI=1S/C44H63N5O14/c1-44(2,3)14-16-59-18-19-60-17-15-45-34(52)12-13-35(53)48-21-26-8-4-5-9-28(26)37-36(29-10-6-7-11-30(29)48)46-47-49(37)25-61-24-33-40(56)42(58)43(32(23-51)62-33)63-31-20-27(22-50)38(54)41(57)39(31)55/h4-11,27,31-33,38-43,50-51,54-58H,12-25H2,1-3H3,(H,45,52)/t27?,31-,32+,33+,38+,39?,40?,41?,42?,43-/m1/s1. The number of carbonyl (C=O) groups is 2. The lowest BCUT2D eigenvalue weighted by atomic mass is 9.81. The Kier molecular flexibility index (Phi) is 17.2. The van der Waals surface area contributed by atoms with Crippen LogP contribution in [0.15, 0.2) is 48.5 Å². The first-order valence-electron chi connectivity index (χ1n) is 21.6. The van der Waals surface area contributed by atoms with Crippen LogP contribution in [-0.2, 0) is 46.5 Å². The highest BCUT2D eigenvalue weighted by molar-refractivity contribution is 6.01. The van der Waals surface area contributed by atoms with Crippen molar-refractivity contribution in [3.8, 4) is 22.5 Å². The van der Waals surface area contributed by atoms with Gasteiger partial charge in [0.15, 0.2) is 0 Å². The van der Waals surface area contributed by atoms with Gasteiger partial charge >= 0.3 is 0 Å². The molecule has 0 spiro atoms. The monoisotopic (exact) mass is 885 g/mol. The van der Waals surface area contributed by atoms with Gasteiger partial charge < -0.3 is 69.6 Å². The van der Waals surface area contributed by atoms with Gasteiger partial charge in [-0.15, -0.1) is 5.10 Å². The van der Waals surface area contributed by atoms with E-state index in [4.69, 9.17) is 23.7 Å². The zero-order valence-electron chi connectivity index (χ0n) is 36.1. The lowest BCUT2D eigenvalue weighted by Crippen LogP contribution is -2.63. The molecule has 348 valence electrons. The number of aliphatic hydroxyl groups excluding tert-OH is 7. The fourth-order valence-corrected chi connectivity index (χ4v) is 8.06. The number of nitrogens with one attached hydrogen (secondary N) is 1. The van der Waals surface area contributed by atoms with E-state index < -0.39 is 74.1 Å². The van der Waals surface area contributed by atoms with Crippen molar-refractivity contribution in [2.45, 2.75) is 115 Å². The highest BCUT2D eigenvalue weighted by atomic mass is 16.6. The van der Waals surface area contributed by atoms with E-state index in [1.54, 1.807) is 9.58 Å². The number of aliphatic hydroxyl groups is 7. The molecule has 2 amide bonds. The zero-order valence-corrected chi connectivity index (χ0v) is 36.1. The number of carbonyl (C=O) groups excluding carboxylic acids is 2. The molecule has 19 nitrogen and oxygen atoms in total. The van der Waals surface area contributed by atoms with Crippen molar-refractivity contribution in [2.24, 2.45) is 11.3 Å². The summed E-state index contributed by atoms with van der Waals surface area (Å²) in [6, 6.07) is 14.8. The Balaban J connectivity index is 1.07. The van der Waals surface area contributed by atoms with Crippen LogP contribution in [0, 0.1) is 11.3 Å². The van der Waals surface area contributed by atoms with Crippen molar-refractivity contribution in [2.75, 3.05) is 57.7 Å². The van der Waals surface area contributed by atoms with E-state index in [-0.39, 0.29) is 56.4 Å². The molecule has 6 rings (SSSR count). The van der Waals surface area contributed by atoms with Crippen LogP contribution in [-0.4, -0.2) is 170 Å². The van der Waals surface area contributed by atoms with E-state index in [1.165, 1.54) is 0 Å². The van der Waals surface area contributed by atoms with Gasteiger partial charge in [-0.25, -0.2) is 4.68 Å². The van der Waals surface area contributed by atoms with Crippen molar-refractivity contribution in [3.63, 3.8) is 0 Å². The number of hydrogen-bond donors (Lipinski definition) is 8. The first-order valence-corrected chi connectivity index (χ1v) is 21.6. The average molecular weight is 886 g/mol. The summed E-state index contributed by atoms with van der Waals surface area (Å²) in [6.07, 6.45) is -11.7. The molecule has 0 bridgehead atoms. The van der Waals surface area contributed by atoms with Crippen molar-refractivity contribution in [3.05, 3.63) is 54.1 Å². The number of amides is 2. The van der Waals surface area contributed by atoms with E-state index in [0.717, 1.165) is 17.5 Å². The lowest BCUT2D eigenvalue weighted by Gasteiger charge is -2.46. The van der Waals surface area contributed by atoms with Gasteiger partial charge in [-0.1, -0.05) is 68.4 Å². The van der Waals surface area contributed by atoms with Crippen LogP contribution in [0.2, 0.25) is 0 Å². The Morgan fingerprint density at radius 1 is 0.810 bits per heavy atom. The second-order valence-electron chi connectivity index (χ2n) is 17.5. The van der Waals surface area contributed by atoms with Crippen molar-refractivity contribution < 1.29 is 69.0 Å². The molecule has 3 aromatic rings. The number of hydrogen-bond acceptors (Lipinski definition) is 16. The number of rotatable bonds is 19. The molecule has 8 N–H and O–H groups in total. The van der Waals surface area contributed by atoms with Crippen LogP contribution in [0.3, 0.4) is 0 Å². The van der Waals surface area contributed by atoms with Crippen LogP contribution in [0.5, 0.6) is 0 Å². The molecule has 1 saturated carbocycles. The molecule has 1 saturated heterocycles. The molecule has 10 atom stereocenters. The van der Waals surface area contributed by atoms with Gasteiger partial charge in [-0.3, -0.25) is 9.59 Å². The number of benzene rings is 2. The van der Waals surface area contributed by atoms with Gasteiger partial charge in [0.1, 0.15) is 55.2 Å². The van der Waals surface area contributed by atoms with Crippen LogP contribution in [0.25, 0.3) is 22.5 Å². The second-order valence-corrected chi connectivity index (χ2v) is 17.5. The molecule has 0 radical (unpaired) electrons. The molecule has 63 heavy (non-hydrogen) atoms. The Labute approximate surface area is 366 Å². The first-order chi connectivity index (χ1) is 30.2. The smallest absolute Gasteiger partial charge is 0.227 e. The topological polar surface area (TPSA) is 268 Å². The summed E-state index contributed by atoms with van der Waals surface area (Å²) in [7, 11) is 0. The van der Waals surface area contributed by atoms with Gasteiger partial charge in [-0.2, -0.15) is 0 Å². The highest BCUT2D eigenvalue weighted by Crippen LogP contribution is 2.41. The quantitative estimate of drug-likeness (QED) is 0.0744. The number of para-hydroxylation sites is 1. The van der Waals surface area contributed by atoms with Gasteiger partial charge in [0.2, 0.25) is 11.8 Å². The molecule has 1 aliphatic carbocycles.